The Hall–Kier alpha value is -1.31. The Kier molecular flexibility index (Phi) is 3.74. The maximum absolute atomic E-state index is 11.5. The maximum atomic E-state index is 11.5. The predicted molar refractivity (Wildman–Crippen MR) is 73.9 cm³/mol. The summed E-state index contributed by atoms with van der Waals surface area (Å²) in [5, 5.41) is 0.886. The second-order valence-corrected chi connectivity index (χ2v) is 6.09. The zero-order chi connectivity index (χ0) is 13.3. The van der Waals surface area contributed by atoms with Crippen LogP contribution in [-0.2, 0) is 6.54 Å². The van der Waals surface area contributed by atoms with Gasteiger partial charge in [-0.1, -0.05) is 0 Å². The van der Waals surface area contributed by atoms with Crippen LogP contribution in [0.2, 0.25) is 0 Å². The number of amides is 1. The van der Waals surface area contributed by atoms with Crippen LogP contribution in [0.1, 0.15) is 20.4 Å². The number of hydrogen-bond acceptors (Lipinski definition) is 6. The van der Waals surface area contributed by atoms with Gasteiger partial charge in [-0.25, -0.2) is 9.97 Å². The van der Waals surface area contributed by atoms with Crippen LogP contribution >= 0.6 is 22.7 Å². The Morgan fingerprint density at radius 2 is 2.22 bits per heavy atom. The summed E-state index contributed by atoms with van der Waals surface area (Å²) in [4.78, 5) is 23.6. The minimum Gasteiger partial charge on any atom is -0.365 e. The van der Waals surface area contributed by atoms with E-state index in [9.17, 15) is 4.79 Å². The number of thiazole rings is 2. The predicted octanol–water partition coefficient (Wildman–Crippen LogP) is 1.74. The molecule has 0 bridgehead atoms. The average Bonchev–Trinajstić information content (AvgIpc) is 2.83. The molecule has 18 heavy (non-hydrogen) atoms. The van der Waals surface area contributed by atoms with Gasteiger partial charge in [-0.2, -0.15) is 0 Å². The van der Waals surface area contributed by atoms with Gasteiger partial charge in [-0.15, -0.1) is 22.7 Å². The first-order chi connectivity index (χ1) is 8.49. The molecule has 0 spiro atoms. The third-order valence-corrected chi connectivity index (χ3v) is 4.30. The minimum absolute atomic E-state index is 0.430. The molecular weight excluding hydrogens is 268 g/mol. The molecule has 0 unspecified atom stereocenters. The van der Waals surface area contributed by atoms with E-state index in [1.165, 1.54) is 22.7 Å². The van der Waals surface area contributed by atoms with E-state index in [1.54, 1.807) is 5.51 Å². The molecule has 2 rings (SSSR count). The molecule has 0 saturated carbocycles. The van der Waals surface area contributed by atoms with Crippen LogP contribution in [0.4, 0.5) is 0 Å². The summed E-state index contributed by atoms with van der Waals surface area (Å²) in [5.74, 6) is -0.430. The van der Waals surface area contributed by atoms with Crippen LogP contribution in [0.15, 0.2) is 5.51 Å². The maximum Gasteiger partial charge on any atom is 0.261 e. The fraction of sp³-hybridized carbons (Fsp3) is 0.364. The van der Waals surface area contributed by atoms with E-state index >= 15 is 0 Å². The summed E-state index contributed by atoms with van der Waals surface area (Å²) in [5.41, 5.74) is 8.72. The zero-order valence-electron chi connectivity index (χ0n) is 10.4. The second-order valence-electron chi connectivity index (χ2n) is 4.15. The van der Waals surface area contributed by atoms with Crippen molar-refractivity contribution in [3.63, 3.8) is 0 Å². The van der Waals surface area contributed by atoms with Crippen molar-refractivity contribution in [2.24, 2.45) is 5.73 Å². The molecule has 2 aromatic rings. The number of carbonyl (C=O) groups is 1. The number of nitrogens with two attached hydrogens (primary N) is 1. The fourth-order valence-corrected chi connectivity index (χ4v) is 3.46. The lowest BCUT2D eigenvalue weighted by Gasteiger charge is -2.04. The molecule has 2 aromatic heterocycles. The lowest BCUT2D eigenvalue weighted by atomic mass is 10.2. The molecule has 0 aliphatic heterocycles. The van der Waals surface area contributed by atoms with E-state index in [4.69, 9.17) is 5.73 Å². The van der Waals surface area contributed by atoms with Gasteiger partial charge in [0.1, 0.15) is 15.6 Å². The van der Waals surface area contributed by atoms with Gasteiger partial charge in [0.25, 0.3) is 5.91 Å². The molecule has 1 amide bonds. The van der Waals surface area contributed by atoms with Gasteiger partial charge in [0.05, 0.1) is 16.1 Å². The SMILES string of the molecule is Cc1ncsc1-c1nc(CN(C)C)sc1C(N)=O. The third-order valence-electron chi connectivity index (χ3n) is 2.31. The smallest absolute Gasteiger partial charge is 0.261 e. The number of aryl methyl sites for hydroxylation is 1. The van der Waals surface area contributed by atoms with E-state index in [0.29, 0.717) is 17.1 Å². The van der Waals surface area contributed by atoms with Gasteiger partial charge in [-0.3, -0.25) is 4.79 Å². The van der Waals surface area contributed by atoms with Gasteiger partial charge in [0, 0.05) is 6.54 Å². The van der Waals surface area contributed by atoms with Crippen molar-refractivity contribution < 1.29 is 4.79 Å². The largest absolute Gasteiger partial charge is 0.365 e. The lowest BCUT2D eigenvalue weighted by Crippen LogP contribution is -2.10. The van der Waals surface area contributed by atoms with E-state index in [-0.39, 0.29) is 0 Å². The molecule has 0 atom stereocenters. The fourth-order valence-electron chi connectivity index (χ4n) is 1.55. The van der Waals surface area contributed by atoms with Crippen LogP contribution in [-0.4, -0.2) is 34.9 Å². The average molecular weight is 282 g/mol. The Labute approximate surface area is 113 Å². The summed E-state index contributed by atoms with van der Waals surface area (Å²) >= 11 is 2.83. The zero-order valence-corrected chi connectivity index (χ0v) is 12.1. The number of nitrogens with zero attached hydrogens (tertiary/aromatic N) is 3. The Morgan fingerprint density at radius 1 is 1.50 bits per heavy atom. The van der Waals surface area contributed by atoms with Gasteiger partial charge in [0.15, 0.2) is 0 Å². The molecule has 7 heteroatoms. The number of hydrogen-bond donors (Lipinski definition) is 1. The quantitative estimate of drug-likeness (QED) is 0.927. The highest BCUT2D eigenvalue weighted by atomic mass is 32.1. The first-order valence-corrected chi connectivity index (χ1v) is 7.03. The number of carbonyl (C=O) groups excluding carboxylic acids is 1. The first kappa shape index (κ1) is 13.1. The van der Waals surface area contributed by atoms with Crippen LogP contribution in [0.3, 0.4) is 0 Å². The highest BCUT2D eigenvalue weighted by Gasteiger charge is 2.20. The molecule has 0 saturated heterocycles. The van der Waals surface area contributed by atoms with Crippen molar-refractivity contribution in [1.82, 2.24) is 14.9 Å². The van der Waals surface area contributed by atoms with Crippen molar-refractivity contribution in [2.75, 3.05) is 14.1 Å². The molecule has 0 radical (unpaired) electrons. The summed E-state index contributed by atoms with van der Waals surface area (Å²) in [6.07, 6.45) is 0. The Bertz CT molecular complexity index is 573. The van der Waals surface area contributed by atoms with Crippen LogP contribution in [0.25, 0.3) is 10.6 Å². The van der Waals surface area contributed by atoms with Gasteiger partial charge in [0.2, 0.25) is 0 Å². The van der Waals surface area contributed by atoms with Crippen LogP contribution in [0, 0.1) is 6.92 Å². The summed E-state index contributed by atoms with van der Waals surface area (Å²) in [7, 11) is 3.92. The van der Waals surface area contributed by atoms with Gasteiger partial charge < -0.3 is 10.6 Å². The monoisotopic (exact) mass is 282 g/mol. The molecule has 0 aromatic carbocycles. The van der Waals surface area contributed by atoms with Crippen molar-refractivity contribution in [3.8, 4) is 10.6 Å². The van der Waals surface area contributed by atoms with Crippen molar-refractivity contribution in [2.45, 2.75) is 13.5 Å². The Morgan fingerprint density at radius 3 is 2.72 bits per heavy atom. The van der Waals surface area contributed by atoms with Crippen LogP contribution < -0.4 is 5.73 Å². The molecule has 2 heterocycles. The molecular formula is C11H14N4OS2. The van der Waals surface area contributed by atoms with E-state index in [2.05, 4.69) is 9.97 Å². The molecule has 0 fully saturated rings. The number of aromatic nitrogens is 2. The van der Waals surface area contributed by atoms with Gasteiger partial charge in [-0.05, 0) is 21.0 Å². The molecule has 96 valence electrons. The highest BCUT2D eigenvalue weighted by molar-refractivity contribution is 7.16. The van der Waals surface area contributed by atoms with E-state index in [0.717, 1.165) is 15.6 Å². The first-order valence-electron chi connectivity index (χ1n) is 5.33. The van der Waals surface area contributed by atoms with Crippen molar-refractivity contribution in [1.29, 1.82) is 0 Å². The lowest BCUT2D eigenvalue weighted by molar-refractivity contribution is 0.100. The summed E-state index contributed by atoms with van der Waals surface area (Å²) in [6, 6.07) is 0. The second kappa shape index (κ2) is 5.13. The molecule has 0 aliphatic rings. The minimum atomic E-state index is -0.430. The normalized spacial score (nSPS) is 11.1. The third kappa shape index (κ3) is 2.58. The van der Waals surface area contributed by atoms with Crippen molar-refractivity contribution in [3.05, 3.63) is 21.1 Å². The van der Waals surface area contributed by atoms with E-state index < -0.39 is 5.91 Å². The molecule has 5 nitrogen and oxygen atoms in total. The standard InChI is InChI=1S/C11H14N4OS2/c1-6-9(17-5-13-6)8-10(11(12)16)18-7(14-8)4-15(2)3/h5H,4H2,1-3H3,(H2,12,16). The number of rotatable bonds is 4. The van der Waals surface area contributed by atoms with Crippen molar-refractivity contribution >= 4 is 28.6 Å². The van der Waals surface area contributed by atoms with Gasteiger partial charge >= 0.3 is 0 Å². The van der Waals surface area contributed by atoms with Crippen LogP contribution in [0.5, 0.6) is 0 Å². The molecule has 0 aliphatic carbocycles. The summed E-state index contributed by atoms with van der Waals surface area (Å²) < 4.78 is 0. The number of primary amides is 1. The topological polar surface area (TPSA) is 72.1 Å². The highest BCUT2D eigenvalue weighted by Crippen LogP contribution is 2.33. The Balaban J connectivity index is 2.48. The molecule has 2 N–H and O–H groups in total. The summed E-state index contributed by atoms with van der Waals surface area (Å²) in [6.45, 7) is 2.60. The van der Waals surface area contributed by atoms with E-state index in [1.807, 2.05) is 25.9 Å².